The highest BCUT2D eigenvalue weighted by Gasteiger charge is 2.00. The molecule has 3 heteroatoms. The predicted octanol–water partition coefficient (Wildman–Crippen LogP) is 4.54. The molecule has 0 saturated carbocycles. The van der Waals surface area contributed by atoms with Crippen molar-refractivity contribution in [1.29, 1.82) is 0 Å². The maximum Gasteiger partial charge on any atom is 0.123 e. The topological polar surface area (TPSA) is 21.3 Å². The van der Waals surface area contributed by atoms with Gasteiger partial charge in [0.05, 0.1) is 6.61 Å². The molecular weight excluding hydrogens is 253 g/mol. The van der Waals surface area contributed by atoms with E-state index in [9.17, 15) is 4.39 Å². The van der Waals surface area contributed by atoms with Crippen LogP contribution in [0.1, 0.15) is 24.5 Å². The van der Waals surface area contributed by atoms with Crippen LogP contribution in [0.2, 0.25) is 0 Å². The maximum absolute atomic E-state index is 13.0. The summed E-state index contributed by atoms with van der Waals surface area (Å²) in [7, 11) is 0. The Morgan fingerprint density at radius 2 is 1.85 bits per heavy atom. The molecule has 2 aromatic rings. The van der Waals surface area contributed by atoms with E-state index in [2.05, 4.69) is 12.2 Å². The average molecular weight is 273 g/mol. The molecule has 0 fully saturated rings. The van der Waals surface area contributed by atoms with Gasteiger partial charge in [0.1, 0.15) is 11.6 Å². The Morgan fingerprint density at radius 3 is 2.50 bits per heavy atom. The summed E-state index contributed by atoms with van der Waals surface area (Å²) in [5.74, 6) is 0.694. The molecule has 0 spiro atoms. The third kappa shape index (κ3) is 3.98. The van der Waals surface area contributed by atoms with Gasteiger partial charge >= 0.3 is 0 Å². The molecule has 0 aliphatic carbocycles. The minimum absolute atomic E-state index is 0.203. The summed E-state index contributed by atoms with van der Waals surface area (Å²) < 4.78 is 18.6. The first kappa shape index (κ1) is 14.4. The highest BCUT2D eigenvalue weighted by atomic mass is 19.1. The van der Waals surface area contributed by atoms with Crippen LogP contribution in [-0.2, 0) is 6.54 Å². The SMILES string of the molecule is CCCOc1ccc(CNc2ccc(F)cc2C)cc1. The Hall–Kier alpha value is -2.03. The largest absolute Gasteiger partial charge is 0.494 e. The molecule has 0 bridgehead atoms. The molecule has 0 aromatic heterocycles. The number of rotatable bonds is 6. The Bertz CT molecular complexity index is 551. The molecule has 0 unspecified atom stereocenters. The minimum Gasteiger partial charge on any atom is -0.494 e. The van der Waals surface area contributed by atoms with Gasteiger partial charge in [-0.25, -0.2) is 4.39 Å². The van der Waals surface area contributed by atoms with Gasteiger partial charge in [-0.3, -0.25) is 0 Å². The van der Waals surface area contributed by atoms with Crippen molar-refractivity contribution in [1.82, 2.24) is 0 Å². The van der Waals surface area contributed by atoms with Crippen LogP contribution in [-0.4, -0.2) is 6.61 Å². The molecule has 0 heterocycles. The third-order valence-electron chi connectivity index (χ3n) is 3.07. The quantitative estimate of drug-likeness (QED) is 0.834. The Morgan fingerprint density at radius 1 is 1.10 bits per heavy atom. The lowest BCUT2D eigenvalue weighted by Crippen LogP contribution is -2.01. The summed E-state index contributed by atoms with van der Waals surface area (Å²) >= 11 is 0. The number of ether oxygens (including phenoxy) is 1. The van der Waals surface area contributed by atoms with E-state index in [1.807, 2.05) is 31.2 Å². The Kier molecular flexibility index (Phi) is 4.99. The van der Waals surface area contributed by atoms with Gasteiger partial charge in [0, 0.05) is 12.2 Å². The smallest absolute Gasteiger partial charge is 0.123 e. The van der Waals surface area contributed by atoms with Gasteiger partial charge in [-0.05, 0) is 54.8 Å². The van der Waals surface area contributed by atoms with Crippen LogP contribution < -0.4 is 10.1 Å². The molecule has 0 aliphatic rings. The van der Waals surface area contributed by atoms with E-state index in [0.717, 1.165) is 35.6 Å². The lowest BCUT2D eigenvalue weighted by atomic mass is 10.1. The first-order valence-electron chi connectivity index (χ1n) is 6.91. The summed E-state index contributed by atoms with van der Waals surface area (Å²) in [4.78, 5) is 0. The number of nitrogens with one attached hydrogen (secondary N) is 1. The number of aryl methyl sites for hydroxylation is 1. The zero-order valence-electron chi connectivity index (χ0n) is 11.9. The molecule has 0 amide bonds. The van der Waals surface area contributed by atoms with E-state index < -0.39 is 0 Å². The van der Waals surface area contributed by atoms with Crippen LogP contribution >= 0.6 is 0 Å². The van der Waals surface area contributed by atoms with E-state index in [1.165, 1.54) is 12.1 Å². The van der Waals surface area contributed by atoms with Gasteiger partial charge in [-0.15, -0.1) is 0 Å². The molecule has 2 rings (SSSR count). The van der Waals surface area contributed by atoms with Crippen molar-refractivity contribution in [3.8, 4) is 5.75 Å². The number of halogens is 1. The number of hydrogen-bond donors (Lipinski definition) is 1. The molecular formula is C17H20FNO. The van der Waals surface area contributed by atoms with Gasteiger partial charge in [-0.1, -0.05) is 19.1 Å². The number of hydrogen-bond acceptors (Lipinski definition) is 2. The zero-order valence-corrected chi connectivity index (χ0v) is 11.9. The van der Waals surface area contributed by atoms with E-state index in [1.54, 1.807) is 6.07 Å². The third-order valence-corrected chi connectivity index (χ3v) is 3.07. The lowest BCUT2D eigenvalue weighted by Gasteiger charge is -2.10. The summed E-state index contributed by atoms with van der Waals surface area (Å²) in [5.41, 5.74) is 3.03. The van der Waals surface area contributed by atoms with Crippen LogP contribution in [0.5, 0.6) is 5.75 Å². The second kappa shape index (κ2) is 6.94. The predicted molar refractivity (Wildman–Crippen MR) is 80.7 cm³/mol. The monoisotopic (exact) mass is 273 g/mol. The highest BCUT2D eigenvalue weighted by Crippen LogP contribution is 2.18. The first-order valence-corrected chi connectivity index (χ1v) is 6.91. The first-order chi connectivity index (χ1) is 9.69. The molecule has 106 valence electrons. The highest BCUT2D eigenvalue weighted by molar-refractivity contribution is 5.51. The van der Waals surface area contributed by atoms with E-state index in [-0.39, 0.29) is 5.82 Å². The summed E-state index contributed by atoms with van der Waals surface area (Å²) in [6, 6.07) is 12.8. The Balaban J connectivity index is 1.93. The summed E-state index contributed by atoms with van der Waals surface area (Å²) in [6.07, 6.45) is 1.01. The molecule has 0 saturated heterocycles. The molecule has 0 radical (unpaired) electrons. The van der Waals surface area contributed by atoms with Crippen LogP contribution in [0.15, 0.2) is 42.5 Å². The molecule has 0 aliphatic heterocycles. The fraction of sp³-hybridized carbons (Fsp3) is 0.294. The van der Waals surface area contributed by atoms with Crippen molar-refractivity contribution in [2.24, 2.45) is 0 Å². The fourth-order valence-corrected chi connectivity index (χ4v) is 1.95. The molecule has 1 N–H and O–H groups in total. The molecule has 20 heavy (non-hydrogen) atoms. The van der Waals surface area contributed by atoms with Gasteiger partial charge in [0.15, 0.2) is 0 Å². The van der Waals surface area contributed by atoms with E-state index in [4.69, 9.17) is 4.74 Å². The molecule has 2 nitrogen and oxygen atoms in total. The minimum atomic E-state index is -0.203. The maximum atomic E-state index is 13.0. The van der Waals surface area contributed by atoms with Crippen molar-refractivity contribution < 1.29 is 9.13 Å². The van der Waals surface area contributed by atoms with Crippen LogP contribution in [0.3, 0.4) is 0 Å². The van der Waals surface area contributed by atoms with Crippen molar-refractivity contribution in [2.45, 2.75) is 26.8 Å². The van der Waals surface area contributed by atoms with Crippen molar-refractivity contribution in [2.75, 3.05) is 11.9 Å². The van der Waals surface area contributed by atoms with Crippen molar-refractivity contribution in [3.05, 3.63) is 59.4 Å². The normalized spacial score (nSPS) is 10.3. The Labute approximate surface area is 119 Å². The number of anilines is 1. The standard InChI is InChI=1S/C17H20FNO/c1-3-10-20-16-7-4-14(5-8-16)12-19-17-9-6-15(18)11-13(17)2/h4-9,11,19H,3,10,12H2,1-2H3. The van der Waals surface area contributed by atoms with Crippen molar-refractivity contribution in [3.63, 3.8) is 0 Å². The summed E-state index contributed by atoms with van der Waals surface area (Å²) in [5, 5.41) is 3.31. The fourth-order valence-electron chi connectivity index (χ4n) is 1.95. The van der Waals surface area contributed by atoms with Gasteiger partial charge in [-0.2, -0.15) is 0 Å². The lowest BCUT2D eigenvalue weighted by molar-refractivity contribution is 0.317. The molecule has 0 atom stereocenters. The summed E-state index contributed by atoms with van der Waals surface area (Å²) in [6.45, 7) is 5.43. The molecule has 2 aromatic carbocycles. The number of benzene rings is 2. The van der Waals surface area contributed by atoms with Gasteiger partial charge in [0.25, 0.3) is 0 Å². The van der Waals surface area contributed by atoms with E-state index in [0.29, 0.717) is 6.54 Å². The zero-order chi connectivity index (χ0) is 14.4. The average Bonchev–Trinajstić information content (AvgIpc) is 2.45. The van der Waals surface area contributed by atoms with Crippen LogP contribution in [0.4, 0.5) is 10.1 Å². The van der Waals surface area contributed by atoms with Gasteiger partial charge < -0.3 is 10.1 Å². The van der Waals surface area contributed by atoms with E-state index >= 15 is 0 Å². The second-order valence-electron chi connectivity index (χ2n) is 4.81. The second-order valence-corrected chi connectivity index (χ2v) is 4.81. The van der Waals surface area contributed by atoms with Crippen LogP contribution in [0.25, 0.3) is 0 Å². The van der Waals surface area contributed by atoms with Crippen molar-refractivity contribution >= 4 is 5.69 Å². The van der Waals surface area contributed by atoms with Crippen LogP contribution in [0, 0.1) is 12.7 Å². The van der Waals surface area contributed by atoms with Gasteiger partial charge in [0.2, 0.25) is 0 Å².